The predicted octanol–water partition coefficient (Wildman–Crippen LogP) is 24.4. The molecule has 15 rings (SSSR count). The summed E-state index contributed by atoms with van der Waals surface area (Å²) in [5.41, 5.74) is 2.75. The summed E-state index contributed by atoms with van der Waals surface area (Å²) in [7, 11) is -4.41. The van der Waals surface area contributed by atoms with Crippen LogP contribution in [0.5, 0.6) is 11.5 Å². The summed E-state index contributed by atoms with van der Waals surface area (Å²) in [6.07, 6.45) is 0. The van der Waals surface area contributed by atoms with Gasteiger partial charge in [0.15, 0.2) is 33.8 Å². The highest BCUT2D eigenvalue weighted by molar-refractivity contribution is 14.1. The lowest BCUT2D eigenvalue weighted by atomic mass is 9.98. The van der Waals surface area contributed by atoms with Gasteiger partial charge in [-0.1, -0.05) is 223 Å². The van der Waals surface area contributed by atoms with Crippen LogP contribution in [0.2, 0.25) is 0 Å². The molecule has 0 radical (unpaired) electrons. The zero-order valence-electron chi connectivity index (χ0n) is 43.7. The van der Waals surface area contributed by atoms with Crippen LogP contribution in [-0.4, -0.2) is 0 Å². The average Bonchev–Trinajstić information content (AvgIpc) is 3.24. The first kappa shape index (κ1) is 52.2. The fourth-order valence-electron chi connectivity index (χ4n) is 10.5. The van der Waals surface area contributed by atoms with Crippen LogP contribution >= 0.6 is 86.1 Å². The number of halogens is 1. The first-order valence-electron chi connectivity index (χ1n) is 26.6. The molecule has 0 amide bonds. The Hall–Kier alpha value is -7.57. The fourth-order valence-corrected chi connectivity index (χ4v) is 17.8. The fraction of sp³-hybridized carbons (Fsp3) is 0. The molecule has 13 aromatic carbocycles. The van der Waals surface area contributed by atoms with Crippen LogP contribution in [0.4, 0.5) is 0 Å². The molecule has 0 fully saturated rings. The topological polar surface area (TPSA) is 71.0 Å². The molecule has 400 valence electrons. The van der Waals surface area contributed by atoms with Crippen LogP contribution in [-0.2, 0) is 0 Å². The zero-order chi connectivity index (χ0) is 55.2. The van der Waals surface area contributed by atoms with Crippen molar-refractivity contribution in [2.24, 2.45) is 0 Å². The second-order valence-corrected chi connectivity index (χ2v) is 27.0. The summed E-state index contributed by atoms with van der Waals surface area (Å²) >= 11 is 8.96. The smallest absolute Gasteiger partial charge is 0.389 e. The molecular formula is C70H43IO6P2S4. The van der Waals surface area contributed by atoms with E-state index in [1.54, 1.807) is 47.0 Å². The SMILES string of the molecule is Ic1c(Op2oc3c(Sc4ccccc4)cc4ccccc4c3c3c(o2)c(Sc2ccccc2)cc2ccccc23)cccc1Op1oc2c(Sc3ccccc3)cc3ccccc3c2c2c(o1)c(Sc1ccccc1)cc1ccccc12. The average molecular weight is 1300 g/mol. The van der Waals surface area contributed by atoms with E-state index in [4.69, 9.17) is 25.8 Å². The maximum atomic E-state index is 7.34. The van der Waals surface area contributed by atoms with E-state index in [1.807, 2.05) is 42.5 Å². The largest absolute Gasteiger partial charge is 0.453 e. The molecule has 0 aliphatic heterocycles. The maximum absolute atomic E-state index is 7.34. The van der Waals surface area contributed by atoms with Gasteiger partial charge in [-0.3, -0.25) is 0 Å². The molecule has 0 bridgehead atoms. The number of rotatable bonds is 12. The zero-order valence-corrected chi connectivity index (χ0v) is 50.9. The van der Waals surface area contributed by atoms with Gasteiger partial charge in [-0.25, -0.2) is 0 Å². The van der Waals surface area contributed by atoms with Crippen LogP contribution in [0, 0.1) is 3.57 Å². The molecule has 0 spiro atoms. The van der Waals surface area contributed by atoms with Gasteiger partial charge in [-0.15, -0.1) is 0 Å². The van der Waals surface area contributed by atoms with Crippen molar-refractivity contribution < 1.29 is 25.8 Å². The van der Waals surface area contributed by atoms with Crippen LogP contribution in [0.15, 0.2) is 317 Å². The summed E-state index contributed by atoms with van der Waals surface area (Å²) < 4.78 is 44.4. The highest BCUT2D eigenvalue weighted by Gasteiger charge is 2.25. The third-order valence-electron chi connectivity index (χ3n) is 14.2. The Kier molecular flexibility index (Phi) is 14.4. The molecule has 0 atom stereocenters. The van der Waals surface area contributed by atoms with Gasteiger partial charge in [-0.2, -0.15) is 0 Å². The van der Waals surface area contributed by atoms with Crippen molar-refractivity contribution in [1.29, 1.82) is 0 Å². The third-order valence-corrected chi connectivity index (χ3v) is 21.4. The monoisotopic (exact) mass is 1300 g/mol. The Morgan fingerprint density at radius 3 is 0.783 bits per heavy atom. The molecular weight excluding hydrogens is 1250 g/mol. The first-order chi connectivity index (χ1) is 41.0. The Balaban J connectivity index is 0.956. The second kappa shape index (κ2) is 22.9. The van der Waals surface area contributed by atoms with E-state index >= 15 is 0 Å². The summed E-state index contributed by atoms with van der Waals surface area (Å²) in [4.78, 5) is 8.08. The minimum Gasteiger partial charge on any atom is -0.389 e. The number of fused-ring (bicyclic) bond motifs is 14. The molecule has 83 heavy (non-hydrogen) atoms. The van der Waals surface area contributed by atoms with Gasteiger partial charge in [0.1, 0.15) is 0 Å². The molecule has 0 saturated heterocycles. The third kappa shape index (κ3) is 10.3. The molecule has 0 N–H and O–H groups in total. The molecule has 2 aromatic heterocycles. The van der Waals surface area contributed by atoms with Gasteiger partial charge in [0, 0.05) is 41.1 Å². The molecule has 15 aromatic rings. The Labute approximate surface area is 509 Å². The highest BCUT2D eigenvalue weighted by atomic mass is 127. The minimum atomic E-state index is -2.20. The van der Waals surface area contributed by atoms with E-state index in [0.717, 1.165) is 104 Å². The Morgan fingerprint density at radius 1 is 0.277 bits per heavy atom. The lowest BCUT2D eigenvalue weighted by molar-refractivity contribution is 0.479. The maximum Gasteiger partial charge on any atom is 0.453 e. The van der Waals surface area contributed by atoms with Crippen LogP contribution in [0.25, 0.3) is 87.0 Å². The number of hydrogen-bond acceptors (Lipinski definition) is 10. The van der Waals surface area contributed by atoms with Crippen LogP contribution in [0.1, 0.15) is 0 Å². The number of benzene rings is 13. The van der Waals surface area contributed by atoms with Crippen molar-refractivity contribution in [2.45, 2.75) is 39.2 Å². The van der Waals surface area contributed by atoms with E-state index in [1.165, 1.54) is 0 Å². The highest BCUT2D eigenvalue weighted by Crippen LogP contribution is 2.53. The van der Waals surface area contributed by atoms with E-state index < -0.39 is 16.5 Å². The Morgan fingerprint density at radius 2 is 0.518 bits per heavy atom. The van der Waals surface area contributed by atoms with Gasteiger partial charge >= 0.3 is 16.5 Å². The van der Waals surface area contributed by atoms with Crippen molar-refractivity contribution in [2.75, 3.05) is 0 Å². The van der Waals surface area contributed by atoms with Gasteiger partial charge < -0.3 is 25.8 Å². The quantitative estimate of drug-likeness (QED) is 0.110. The van der Waals surface area contributed by atoms with Gasteiger partial charge in [0.25, 0.3) is 0 Å². The van der Waals surface area contributed by atoms with Crippen LogP contribution < -0.4 is 9.05 Å². The lowest BCUT2D eigenvalue weighted by Gasteiger charge is -2.11. The minimum absolute atomic E-state index is 0.513. The molecule has 0 unspecified atom stereocenters. The van der Waals surface area contributed by atoms with Gasteiger partial charge in [0.05, 0.1) is 23.2 Å². The standard InChI is InChI=1S/C70H43IO6P2S4/c71-66-56(72-78-74-67-58(80-48-26-5-1-6-27-48)40-44-22-13-17-34-52(44)62(67)63-53-35-18-14-23-45(53)41-59(68(63)75-78)81-49-28-7-2-8-29-49)38-21-39-57(66)73-79-76-69-60(82-50-30-9-3-10-31-50)42-46-24-15-19-36-54(46)64(69)65-55-37-20-16-25-47(55)43-61(70(65)77-79)83-51-32-11-4-12-33-51/h1-43H. The van der Waals surface area contributed by atoms with Crippen molar-refractivity contribution in [3.8, 4) is 11.5 Å². The van der Waals surface area contributed by atoms with Crippen molar-refractivity contribution in [3.05, 3.63) is 264 Å². The summed E-state index contributed by atoms with van der Waals surface area (Å²) in [6.45, 7) is 0. The molecule has 0 aliphatic carbocycles. The van der Waals surface area contributed by atoms with Crippen LogP contribution in [0.3, 0.4) is 0 Å². The first-order valence-corrected chi connectivity index (χ1v) is 33.2. The second-order valence-electron chi connectivity index (χ2n) is 19.4. The summed E-state index contributed by atoms with van der Waals surface area (Å²) in [5, 5.41) is 12.3. The van der Waals surface area contributed by atoms with Crippen molar-refractivity contribution in [1.82, 2.24) is 0 Å². The number of hydrogen-bond donors (Lipinski definition) is 0. The van der Waals surface area contributed by atoms with E-state index in [-0.39, 0.29) is 0 Å². The van der Waals surface area contributed by atoms with Gasteiger partial charge in [0.2, 0.25) is 0 Å². The molecule has 0 saturated carbocycles. The molecule has 2 heterocycles. The van der Waals surface area contributed by atoms with E-state index in [9.17, 15) is 0 Å². The summed E-state index contributed by atoms with van der Waals surface area (Å²) in [5.74, 6) is 1.03. The predicted molar refractivity (Wildman–Crippen MR) is 356 cm³/mol. The Bertz CT molecular complexity index is 4470. The van der Waals surface area contributed by atoms with Crippen molar-refractivity contribution in [3.63, 3.8) is 0 Å². The van der Waals surface area contributed by atoms with Gasteiger partial charge in [-0.05, 0) is 151 Å². The molecule has 6 nitrogen and oxygen atoms in total. The van der Waals surface area contributed by atoms with E-state index in [0.29, 0.717) is 37.4 Å². The molecule has 13 heteroatoms. The normalized spacial score (nSPS) is 11.6. The lowest BCUT2D eigenvalue weighted by Crippen LogP contribution is -1.89. The molecule has 0 aliphatic rings. The van der Waals surface area contributed by atoms with E-state index in [2.05, 4.69) is 241 Å². The van der Waals surface area contributed by atoms with Crippen molar-refractivity contribution >= 4 is 173 Å². The summed E-state index contributed by atoms with van der Waals surface area (Å²) in [6, 6.07) is 90.5.